The molecule has 3 N–H and O–H groups in total. The van der Waals surface area contributed by atoms with Gasteiger partial charge in [-0.2, -0.15) is 11.8 Å². The predicted molar refractivity (Wildman–Crippen MR) is 67.6 cm³/mol. The molecule has 0 spiro atoms. The maximum Gasteiger partial charge on any atom is 0.236 e. The van der Waals surface area contributed by atoms with E-state index in [4.69, 9.17) is 10.5 Å². The second kappa shape index (κ2) is 7.92. The van der Waals surface area contributed by atoms with Crippen molar-refractivity contribution in [2.24, 2.45) is 5.73 Å². The Morgan fingerprint density at radius 3 is 3.12 bits per heavy atom. The Morgan fingerprint density at radius 1 is 1.69 bits per heavy atom. The lowest BCUT2D eigenvalue weighted by molar-refractivity contribution is -0.122. The highest BCUT2D eigenvalue weighted by Gasteiger charge is 2.16. The third-order valence-corrected chi connectivity index (χ3v) is 3.40. The minimum Gasteiger partial charge on any atom is -0.378 e. The molecule has 1 fully saturated rings. The van der Waals surface area contributed by atoms with E-state index in [1.807, 2.05) is 6.26 Å². The topological polar surface area (TPSA) is 64.4 Å². The summed E-state index contributed by atoms with van der Waals surface area (Å²) >= 11 is 1.71. The largest absolute Gasteiger partial charge is 0.378 e. The molecule has 0 bridgehead atoms. The van der Waals surface area contributed by atoms with E-state index in [1.54, 1.807) is 11.8 Å². The summed E-state index contributed by atoms with van der Waals surface area (Å²) in [4.78, 5) is 11.5. The highest BCUT2D eigenvalue weighted by Crippen LogP contribution is 2.14. The number of rotatable bonds is 7. The third-order valence-electron chi connectivity index (χ3n) is 2.76. The van der Waals surface area contributed by atoms with Crippen LogP contribution in [0.15, 0.2) is 0 Å². The summed E-state index contributed by atoms with van der Waals surface area (Å²) in [6, 6.07) is -0.364. The predicted octanol–water partition coefficient (Wildman–Crippen LogP) is 0.752. The lowest BCUT2D eigenvalue weighted by Crippen LogP contribution is -2.41. The number of thioether (sulfide) groups is 1. The van der Waals surface area contributed by atoms with E-state index < -0.39 is 0 Å². The molecule has 0 aromatic rings. The summed E-state index contributed by atoms with van der Waals surface area (Å²) in [7, 11) is 0. The molecule has 4 nitrogen and oxygen atoms in total. The van der Waals surface area contributed by atoms with Crippen LogP contribution in [0.2, 0.25) is 0 Å². The molecule has 0 aromatic heterocycles. The van der Waals surface area contributed by atoms with Gasteiger partial charge in [0.05, 0.1) is 12.1 Å². The average Bonchev–Trinajstić information content (AvgIpc) is 2.78. The number of hydrogen-bond acceptors (Lipinski definition) is 4. The zero-order valence-corrected chi connectivity index (χ0v) is 10.7. The van der Waals surface area contributed by atoms with E-state index >= 15 is 0 Å². The number of hydrogen-bond donors (Lipinski definition) is 2. The zero-order chi connectivity index (χ0) is 11.8. The SMILES string of the molecule is CSCC[C@H](N)C(=O)NCCC1CCCO1. The molecule has 1 saturated heterocycles. The minimum absolute atomic E-state index is 0.0351. The molecule has 5 heteroatoms. The standard InChI is InChI=1S/C11H22N2O2S/c1-16-8-5-10(12)11(14)13-6-4-9-3-2-7-15-9/h9-10H,2-8,12H2,1H3,(H,13,14)/t9?,10-/m0/s1. The normalized spacial score (nSPS) is 22.0. The van der Waals surface area contributed by atoms with Crippen LogP contribution in [0, 0.1) is 0 Å². The van der Waals surface area contributed by atoms with E-state index in [0.29, 0.717) is 12.6 Å². The van der Waals surface area contributed by atoms with Gasteiger partial charge >= 0.3 is 0 Å². The quantitative estimate of drug-likeness (QED) is 0.696. The fourth-order valence-electron chi connectivity index (χ4n) is 1.74. The molecule has 16 heavy (non-hydrogen) atoms. The first-order valence-corrected chi connectivity index (χ1v) is 7.27. The van der Waals surface area contributed by atoms with Crippen LogP contribution in [0.4, 0.5) is 0 Å². The lowest BCUT2D eigenvalue weighted by Gasteiger charge is -2.13. The summed E-state index contributed by atoms with van der Waals surface area (Å²) in [5.74, 6) is 0.896. The minimum atomic E-state index is -0.364. The van der Waals surface area contributed by atoms with Gasteiger partial charge in [-0.25, -0.2) is 0 Å². The molecule has 2 atom stereocenters. The third kappa shape index (κ3) is 5.18. The molecule has 1 aliphatic heterocycles. The van der Waals surface area contributed by atoms with Gasteiger partial charge in [0.1, 0.15) is 0 Å². The lowest BCUT2D eigenvalue weighted by atomic mass is 10.2. The highest BCUT2D eigenvalue weighted by molar-refractivity contribution is 7.98. The summed E-state index contributed by atoms with van der Waals surface area (Å²) in [5.41, 5.74) is 5.74. The fraction of sp³-hybridized carbons (Fsp3) is 0.909. The van der Waals surface area contributed by atoms with Crippen LogP contribution in [-0.2, 0) is 9.53 Å². The van der Waals surface area contributed by atoms with E-state index in [2.05, 4.69) is 5.32 Å². The van der Waals surface area contributed by atoms with Crippen LogP contribution >= 0.6 is 11.8 Å². The highest BCUT2D eigenvalue weighted by atomic mass is 32.2. The van der Waals surface area contributed by atoms with Crippen molar-refractivity contribution < 1.29 is 9.53 Å². The monoisotopic (exact) mass is 246 g/mol. The number of ether oxygens (including phenoxy) is 1. The Kier molecular flexibility index (Phi) is 6.84. The molecule has 1 amide bonds. The molecule has 1 heterocycles. The first kappa shape index (κ1) is 13.8. The Bertz CT molecular complexity index is 208. The molecular weight excluding hydrogens is 224 g/mol. The summed E-state index contributed by atoms with van der Waals surface area (Å²) in [5, 5.41) is 2.87. The number of amides is 1. The maximum atomic E-state index is 11.5. The van der Waals surface area contributed by atoms with E-state index in [-0.39, 0.29) is 11.9 Å². The number of nitrogens with two attached hydrogens (primary N) is 1. The average molecular weight is 246 g/mol. The van der Waals surface area contributed by atoms with Crippen molar-refractivity contribution in [1.82, 2.24) is 5.32 Å². The molecule has 1 rings (SSSR count). The van der Waals surface area contributed by atoms with Gasteiger partial charge < -0.3 is 15.8 Å². The van der Waals surface area contributed by atoms with E-state index in [0.717, 1.165) is 38.0 Å². The van der Waals surface area contributed by atoms with Gasteiger partial charge in [0, 0.05) is 13.2 Å². The summed E-state index contributed by atoms with van der Waals surface area (Å²) in [6.07, 6.45) is 6.26. The second-order valence-electron chi connectivity index (χ2n) is 4.10. The van der Waals surface area contributed by atoms with Gasteiger partial charge in [-0.05, 0) is 37.7 Å². The van der Waals surface area contributed by atoms with Crippen molar-refractivity contribution in [3.05, 3.63) is 0 Å². The summed E-state index contributed by atoms with van der Waals surface area (Å²) in [6.45, 7) is 1.54. The van der Waals surface area contributed by atoms with Crippen molar-refractivity contribution >= 4 is 17.7 Å². The van der Waals surface area contributed by atoms with Gasteiger partial charge in [-0.1, -0.05) is 0 Å². The van der Waals surface area contributed by atoms with Gasteiger partial charge in [-0.15, -0.1) is 0 Å². The van der Waals surface area contributed by atoms with Gasteiger partial charge in [0.25, 0.3) is 0 Å². The fourth-order valence-corrected chi connectivity index (χ4v) is 2.23. The van der Waals surface area contributed by atoms with Crippen LogP contribution in [-0.4, -0.2) is 43.2 Å². The smallest absolute Gasteiger partial charge is 0.236 e. The van der Waals surface area contributed by atoms with Crippen molar-refractivity contribution in [3.8, 4) is 0 Å². The van der Waals surface area contributed by atoms with Gasteiger partial charge in [0.2, 0.25) is 5.91 Å². The van der Waals surface area contributed by atoms with Crippen molar-refractivity contribution in [3.63, 3.8) is 0 Å². The molecule has 0 aromatic carbocycles. The Morgan fingerprint density at radius 2 is 2.50 bits per heavy atom. The second-order valence-corrected chi connectivity index (χ2v) is 5.09. The maximum absolute atomic E-state index is 11.5. The van der Waals surface area contributed by atoms with Crippen LogP contribution in [0.3, 0.4) is 0 Å². The molecule has 0 aliphatic carbocycles. The van der Waals surface area contributed by atoms with Crippen LogP contribution in [0.1, 0.15) is 25.7 Å². The first-order chi connectivity index (χ1) is 7.74. The van der Waals surface area contributed by atoms with Crippen molar-refractivity contribution in [1.29, 1.82) is 0 Å². The summed E-state index contributed by atoms with van der Waals surface area (Å²) < 4.78 is 5.47. The number of carbonyl (C=O) groups excluding carboxylic acids is 1. The van der Waals surface area contributed by atoms with Crippen molar-refractivity contribution in [2.45, 2.75) is 37.8 Å². The van der Waals surface area contributed by atoms with E-state index in [1.165, 1.54) is 0 Å². The van der Waals surface area contributed by atoms with Crippen LogP contribution < -0.4 is 11.1 Å². The molecule has 1 aliphatic rings. The van der Waals surface area contributed by atoms with E-state index in [9.17, 15) is 4.79 Å². The van der Waals surface area contributed by atoms with Crippen LogP contribution in [0.25, 0.3) is 0 Å². The Labute approximate surface area is 102 Å². The molecule has 94 valence electrons. The number of carbonyl (C=O) groups is 1. The Hall–Kier alpha value is -0.260. The van der Waals surface area contributed by atoms with Gasteiger partial charge in [-0.3, -0.25) is 4.79 Å². The molecular formula is C11H22N2O2S. The van der Waals surface area contributed by atoms with Crippen molar-refractivity contribution in [2.75, 3.05) is 25.2 Å². The molecule has 1 unspecified atom stereocenters. The first-order valence-electron chi connectivity index (χ1n) is 5.88. The molecule has 0 saturated carbocycles. The zero-order valence-electron chi connectivity index (χ0n) is 9.91. The number of nitrogens with one attached hydrogen (secondary N) is 1. The van der Waals surface area contributed by atoms with Crippen LogP contribution in [0.5, 0.6) is 0 Å². The molecule has 0 radical (unpaired) electrons. The Balaban J connectivity index is 2.04. The van der Waals surface area contributed by atoms with Gasteiger partial charge in [0.15, 0.2) is 0 Å².